The van der Waals surface area contributed by atoms with E-state index in [0.717, 1.165) is 0 Å². The van der Waals surface area contributed by atoms with Crippen molar-refractivity contribution in [2.24, 2.45) is 0 Å². The van der Waals surface area contributed by atoms with Crippen LogP contribution < -0.4 is 10.6 Å². The molecule has 1 saturated carbocycles. The number of carbonyl (C=O) groups excluding carboxylic acids is 1. The molecule has 36 heavy (non-hydrogen) atoms. The number of nitriles is 1. The van der Waals surface area contributed by atoms with E-state index in [0.29, 0.717) is 41.0 Å². The molecular formula is C24H27FN6O4S. The predicted molar refractivity (Wildman–Crippen MR) is 132 cm³/mol. The summed E-state index contributed by atoms with van der Waals surface area (Å²) in [6.45, 7) is 2.24. The van der Waals surface area contributed by atoms with E-state index in [1.54, 1.807) is 28.8 Å². The topological polar surface area (TPSA) is 149 Å². The molecular weight excluding hydrogens is 487 g/mol. The van der Waals surface area contributed by atoms with Crippen LogP contribution in [0, 0.1) is 11.3 Å². The average molecular weight is 515 g/mol. The van der Waals surface area contributed by atoms with E-state index in [-0.39, 0.29) is 11.6 Å². The second-order valence-electron chi connectivity index (χ2n) is 9.62. The van der Waals surface area contributed by atoms with Crippen LogP contribution >= 0.6 is 0 Å². The van der Waals surface area contributed by atoms with Gasteiger partial charge in [-0.1, -0.05) is 0 Å². The molecule has 1 aliphatic carbocycles. The summed E-state index contributed by atoms with van der Waals surface area (Å²) < 4.78 is 39.4. The van der Waals surface area contributed by atoms with E-state index in [2.05, 4.69) is 20.7 Å². The minimum absolute atomic E-state index is 0.157. The molecule has 3 aromatic heterocycles. The Morgan fingerprint density at radius 1 is 1.33 bits per heavy atom. The van der Waals surface area contributed by atoms with Crippen molar-refractivity contribution >= 4 is 26.9 Å². The van der Waals surface area contributed by atoms with Gasteiger partial charge in [0, 0.05) is 18.5 Å². The zero-order valence-corrected chi connectivity index (χ0v) is 20.9. The number of hydrogen-bond acceptors (Lipinski definition) is 8. The van der Waals surface area contributed by atoms with Gasteiger partial charge in [-0.2, -0.15) is 10.4 Å². The number of carbonyl (C=O) groups is 1. The quantitative estimate of drug-likeness (QED) is 0.414. The van der Waals surface area contributed by atoms with Crippen LogP contribution in [-0.4, -0.2) is 69.9 Å². The van der Waals surface area contributed by atoms with Gasteiger partial charge in [-0.15, -0.1) is 0 Å². The van der Waals surface area contributed by atoms with Gasteiger partial charge in [-0.05, 0) is 51.0 Å². The van der Waals surface area contributed by atoms with Crippen molar-refractivity contribution in [3.05, 3.63) is 47.8 Å². The molecule has 1 atom stereocenters. The van der Waals surface area contributed by atoms with Crippen molar-refractivity contribution in [2.75, 3.05) is 18.1 Å². The highest BCUT2D eigenvalue weighted by Gasteiger charge is 2.37. The van der Waals surface area contributed by atoms with E-state index in [1.165, 1.54) is 32.5 Å². The highest BCUT2D eigenvalue weighted by atomic mass is 32.2. The minimum Gasteiger partial charge on any atom is -0.387 e. The molecule has 0 bridgehead atoms. The Bertz CT molecular complexity index is 1450. The van der Waals surface area contributed by atoms with Gasteiger partial charge in [0.25, 0.3) is 5.91 Å². The Hall–Kier alpha value is -3.56. The Morgan fingerprint density at radius 2 is 2.06 bits per heavy atom. The lowest BCUT2D eigenvalue weighted by Gasteiger charge is -2.35. The van der Waals surface area contributed by atoms with E-state index in [9.17, 15) is 22.7 Å². The molecule has 0 aromatic carbocycles. The van der Waals surface area contributed by atoms with Gasteiger partial charge in [0.05, 0.1) is 57.3 Å². The fourth-order valence-corrected chi connectivity index (χ4v) is 5.09. The zero-order valence-electron chi connectivity index (χ0n) is 20.1. The molecule has 3 aromatic rings. The maximum absolute atomic E-state index is 14.2. The number of halogens is 1. The smallest absolute Gasteiger partial charge is 0.255 e. The predicted octanol–water partition coefficient (Wildman–Crippen LogP) is 2.09. The average Bonchev–Trinajstić information content (AvgIpc) is 3.20. The lowest BCUT2D eigenvalue weighted by Crippen LogP contribution is -2.44. The Morgan fingerprint density at radius 3 is 2.69 bits per heavy atom. The Labute approximate surface area is 208 Å². The van der Waals surface area contributed by atoms with Crippen LogP contribution in [-0.2, 0) is 9.84 Å². The van der Waals surface area contributed by atoms with Gasteiger partial charge in [0.15, 0.2) is 0 Å². The first kappa shape index (κ1) is 25.5. The summed E-state index contributed by atoms with van der Waals surface area (Å²) in [6, 6.07) is 8.80. The summed E-state index contributed by atoms with van der Waals surface area (Å²) in [5.74, 6) is -0.584. The molecule has 3 N–H and O–H groups in total. The second-order valence-corrected chi connectivity index (χ2v) is 11.9. The number of pyridine rings is 1. The molecule has 0 radical (unpaired) electrons. The number of sulfone groups is 1. The third-order valence-electron chi connectivity index (χ3n) is 6.31. The summed E-state index contributed by atoms with van der Waals surface area (Å²) in [7, 11) is -3.16. The number of hydrogen-bond donors (Lipinski definition) is 3. The Balaban J connectivity index is 1.64. The van der Waals surface area contributed by atoms with Crippen LogP contribution in [0.1, 0.15) is 42.6 Å². The van der Waals surface area contributed by atoms with Gasteiger partial charge in [0.2, 0.25) is 0 Å². The fraction of sp³-hybridized carbons (Fsp3) is 0.417. The van der Waals surface area contributed by atoms with Crippen molar-refractivity contribution in [3.63, 3.8) is 0 Å². The summed E-state index contributed by atoms with van der Waals surface area (Å²) in [4.78, 5) is 17.3. The molecule has 0 spiro atoms. The first-order valence-electron chi connectivity index (χ1n) is 11.3. The third kappa shape index (κ3) is 5.32. The molecule has 10 nitrogen and oxygen atoms in total. The van der Waals surface area contributed by atoms with E-state index in [1.807, 2.05) is 6.07 Å². The molecule has 0 saturated heterocycles. The number of nitrogens with one attached hydrogen (secondary N) is 2. The van der Waals surface area contributed by atoms with Crippen LogP contribution in [0.4, 0.5) is 10.1 Å². The maximum atomic E-state index is 14.2. The highest BCUT2D eigenvalue weighted by molar-refractivity contribution is 7.91. The van der Waals surface area contributed by atoms with Gasteiger partial charge in [-0.3, -0.25) is 9.78 Å². The molecule has 0 aliphatic heterocycles. The number of alkyl halides is 1. The SMILES string of the molecule is CC(C)(O)[C@H](F)CNC(=O)c1cnc(-c2ccc3cc(C#N)cnn23)cc1NC1CC(S(C)(=O)=O)C1. The third-order valence-corrected chi connectivity index (χ3v) is 7.90. The molecule has 0 unspecified atom stereocenters. The van der Waals surface area contributed by atoms with Crippen LogP contribution in [0.5, 0.6) is 0 Å². The van der Waals surface area contributed by atoms with Crippen molar-refractivity contribution in [1.82, 2.24) is 19.9 Å². The maximum Gasteiger partial charge on any atom is 0.255 e. The van der Waals surface area contributed by atoms with E-state index >= 15 is 0 Å². The Kier molecular flexibility index (Phi) is 6.72. The molecule has 190 valence electrons. The fourth-order valence-electron chi connectivity index (χ4n) is 3.93. The number of aliphatic hydroxyl groups is 1. The standard InChI is InChI=1S/C24H27FN6O4S/c1-24(2,33)22(25)13-28-23(32)18-12-27-20(9-19(18)30-15-7-17(8-15)36(3,34)35)21-5-4-16-6-14(10-26)11-29-31(16)21/h4-6,9,11-12,15,17,22,33H,7-8,13H2,1-3H3,(H,27,30)(H,28,32)/t15?,17?,22-/m1/s1. The van der Waals surface area contributed by atoms with Crippen LogP contribution in [0.15, 0.2) is 36.7 Å². The second kappa shape index (κ2) is 9.48. The van der Waals surface area contributed by atoms with Crippen LogP contribution in [0.25, 0.3) is 16.9 Å². The van der Waals surface area contributed by atoms with Crippen LogP contribution in [0.3, 0.4) is 0 Å². The van der Waals surface area contributed by atoms with Crippen molar-refractivity contribution in [2.45, 2.75) is 49.8 Å². The highest BCUT2D eigenvalue weighted by Crippen LogP contribution is 2.32. The minimum atomic E-state index is -3.16. The summed E-state index contributed by atoms with van der Waals surface area (Å²) in [5.41, 5.74) is 1.18. The number of rotatable bonds is 8. The molecule has 1 amide bonds. The number of nitrogens with zero attached hydrogens (tertiary/aromatic N) is 4. The van der Waals surface area contributed by atoms with Crippen LogP contribution in [0.2, 0.25) is 0 Å². The molecule has 1 fully saturated rings. The normalized spacial score (nSPS) is 18.8. The largest absolute Gasteiger partial charge is 0.387 e. The molecule has 12 heteroatoms. The molecule has 3 heterocycles. The molecule has 1 aliphatic rings. The number of aromatic nitrogens is 3. The van der Waals surface area contributed by atoms with Gasteiger partial charge in [-0.25, -0.2) is 17.3 Å². The summed E-state index contributed by atoms with van der Waals surface area (Å²) in [6.07, 6.45) is 3.12. The first-order chi connectivity index (χ1) is 16.9. The van der Waals surface area contributed by atoms with Gasteiger partial charge in [0.1, 0.15) is 22.1 Å². The zero-order chi connectivity index (χ0) is 26.3. The van der Waals surface area contributed by atoms with Crippen molar-refractivity contribution < 1.29 is 22.7 Å². The lowest BCUT2D eigenvalue weighted by atomic mass is 9.91. The number of anilines is 1. The van der Waals surface area contributed by atoms with Gasteiger partial charge >= 0.3 is 0 Å². The summed E-state index contributed by atoms with van der Waals surface area (Å²) in [5, 5.41) is 28.5. The van der Waals surface area contributed by atoms with E-state index in [4.69, 9.17) is 5.26 Å². The van der Waals surface area contributed by atoms with Gasteiger partial charge < -0.3 is 15.7 Å². The van der Waals surface area contributed by atoms with E-state index < -0.39 is 39.3 Å². The molecule has 4 rings (SSSR count). The number of fused-ring (bicyclic) bond motifs is 1. The summed E-state index contributed by atoms with van der Waals surface area (Å²) >= 11 is 0. The van der Waals surface area contributed by atoms with Crippen molar-refractivity contribution in [1.29, 1.82) is 5.26 Å². The number of amides is 1. The van der Waals surface area contributed by atoms with Crippen molar-refractivity contribution in [3.8, 4) is 17.5 Å². The first-order valence-corrected chi connectivity index (χ1v) is 13.3. The monoisotopic (exact) mass is 514 g/mol. The lowest BCUT2D eigenvalue weighted by molar-refractivity contribution is -0.00177.